The predicted octanol–water partition coefficient (Wildman–Crippen LogP) is 5.09. The molecular formula is C25H21Cl2N3O4. The van der Waals surface area contributed by atoms with Gasteiger partial charge in [0.1, 0.15) is 17.6 Å². The van der Waals surface area contributed by atoms with Crippen LogP contribution in [0.15, 0.2) is 66.4 Å². The van der Waals surface area contributed by atoms with E-state index in [2.05, 4.69) is 4.98 Å². The molecule has 34 heavy (non-hydrogen) atoms. The molecule has 0 saturated carbocycles. The molecule has 2 heterocycles. The molecule has 1 aliphatic rings. The molecule has 1 atom stereocenters. The van der Waals surface area contributed by atoms with E-state index < -0.39 is 23.5 Å². The first-order valence-corrected chi connectivity index (χ1v) is 11.0. The second-order valence-corrected chi connectivity index (χ2v) is 8.65. The first-order valence-electron chi connectivity index (χ1n) is 10.3. The summed E-state index contributed by atoms with van der Waals surface area (Å²) in [5, 5.41) is 11.7. The molecule has 1 unspecified atom stereocenters. The minimum absolute atomic E-state index is 0.0990. The van der Waals surface area contributed by atoms with E-state index in [1.54, 1.807) is 36.5 Å². The lowest BCUT2D eigenvalue weighted by Gasteiger charge is -2.25. The number of aromatic nitrogens is 1. The molecule has 0 radical (unpaired) electrons. The third-order valence-electron chi connectivity index (χ3n) is 5.52. The molecule has 1 amide bonds. The summed E-state index contributed by atoms with van der Waals surface area (Å²) in [6, 6.07) is 14.2. The standard InChI is InChI=1S/C25H21Cl2N3O4/c1-29(2)15-7-9-16(10-8-15)30-21(19-6-4-5-11-28-19)20(23(32)25(30)33)22(31)17-12-14(26)13-18(27)24(17)34-3/h4-13,21,31H,1-3H3/b22-20+. The Morgan fingerprint density at radius 3 is 2.38 bits per heavy atom. The highest BCUT2D eigenvalue weighted by Gasteiger charge is 2.48. The molecule has 0 spiro atoms. The number of ether oxygens (including phenoxy) is 1. The Morgan fingerprint density at radius 2 is 1.79 bits per heavy atom. The summed E-state index contributed by atoms with van der Waals surface area (Å²) in [7, 11) is 5.18. The van der Waals surface area contributed by atoms with Crippen molar-refractivity contribution in [3.63, 3.8) is 0 Å². The maximum Gasteiger partial charge on any atom is 0.300 e. The van der Waals surface area contributed by atoms with Gasteiger partial charge in [0.15, 0.2) is 0 Å². The van der Waals surface area contributed by atoms with E-state index in [4.69, 9.17) is 27.9 Å². The van der Waals surface area contributed by atoms with Gasteiger partial charge in [-0.1, -0.05) is 29.3 Å². The number of ketones is 1. The Balaban J connectivity index is 1.96. The summed E-state index contributed by atoms with van der Waals surface area (Å²) >= 11 is 12.4. The second kappa shape index (κ2) is 9.37. The number of aliphatic hydroxyl groups is 1. The number of carbonyl (C=O) groups excluding carboxylic acids is 2. The van der Waals surface area contributed by atoms with Crippen molar-refractivity contribution in [2.45, 2.75) is 6.04 Å². The number of aliphatic hydroxyl groups excluding tert-OH is 1. The Bertz CT molecular complexity index is 1290. The fourth-order valence-electron chi connectivity index (χ4n) is 3.92. The fraction of sp³-hybridized carbons (Fsp3) is 0.160. The van der Waals surface area contributed by atoms with Crippen LogP contribution in [-0.2, 0) is 9.59 Å². The van der Waals surface area contributed by atoms with Gasteiger partial charge in [-0.3, -0.25) is 19.5 Å². The number of nitrogens with zero attached hydrogens (tertiary/aromatic N) is 3. The van der Waals surface area contributed by atoms with Crippen LogP contribution in [-0.4, -0.2) is 43.0 Å². The highest BCUT2D eigenvalue weighted by molar-refractivity contribution is 6.51. The van der Waals surface area contributed by atoms with Gasteiger partial charge in [-0.2, -0.15) is 0 Å². The molecule has 9 heteroatoms. The largest absolute Gasteiger partial charge is 0.507 e. The normalized spacial score (nSPS) is 17.2. The summed E-state index contributed by atoms with van der Waals surface area (Å²) in [5.74, 6) is -1.97. The highest BCUT2D eigenvalue weighted by Crippen LogP contribution is 2.44. The van der Waals surface area contributed by atoms with E-state index in [-0.39, 0.29) is 26.9 Å². The monoisotopic (exact) mass is 497 g/mol. The van der Waals surface area contributed by atoms with Gasteiger partial charge in [0.05, 0.1) is 29.0 Å². The number of methoxy groups -OCH3 is 1. The van der Waals surface area contributed by atoms with E-state index in [1.165, 1.54) is 24.1 Å². The van der Waals surface area contributed by atoms with Crippen LogP contribution in [0.5, 0.6) is 5.75 Å². The van der Waals surface area contributed by atoms with Crippen molar-refractivity contribution in [3.05, 3.63) is 87.7 Å². The Hall–Kier alpha value is -3.55. The van der Waals surface area contributed by atoms with E-state index in [1.807, 2.05) is 31.1 Å². The SMILES string of the molecule is COc1c(Cl)cc(Cl)cc1/C(O)=C1\C(=O)C(=O)N(c2ccc(N(C)C)cc2)C1c1ccccn1. The molecule has 0 bridgehead atoms. The van der Waals surface area contributed by atoms with E-state index >= 15 is 0 Å². The lowest BCUT2D eigenvalue weighted by Crippen LogP contribution is -2.29. The van der Waals surface area contributed by atoms with Crippen molar-refractivity contribution in [1.29, 1.82) is 0 Å². The number of anilines is 2. The summed E-state index contributed by atoms with van der Waals surface area (Å²) in [6.45, 7) is 0. The Kier molecular flexibility index (Phi) is 6.50. The number of Topliss-reactive ketones (excluding diaryl/α,β-unsaturated/α-hetero) is 1. The third-order valence-corrected chi connectivity index (χ3v) is 6.02. The second-order valence-electron chi connectivity index (χ2n) is 7.80. The van der Waals surface area contributed by atoms with Gasteiger partial charge in [0.25, 0.3) is 11.7 Å². The first kappa shape index (κ1) is 23.6. The average molecular weight is 498 g/mol. The van der Waals surface area contributed by atoms with Crippen molar-refractivity contribution in [2.75, 3.05) is 31.0 Å². The Morgan fingerprint density at radius 1 is 1.09 bits per heavy atom. The zero-order valence-corrected chi connectivity index (χ0v) is 20.1. The van der Waals surface area contributed by atoms with Crippen LogP contribution < -0.4 is 14.5 Å². The smallest absolute Gasteiger partial charge is 0.300 e. The van der Waals surface area contributed by atoms with Crippen molar-refractivity contribution in [1.82, 2.24) is 4.98 Å². The lowest BCUT2D eigenvalue weighted by molar-refractivity contribution is -0.132. The van der Waals surface area contributed by atoms with Gasteiger partial charge >= 0.3 is 0 Å². The van der Waals surface area contributed by atoms with Crippen LogP contribution >= 0.6 is 23.2 Å². The van der Waals surface area contributed by atoms with Crippen LogP contribution in [0.3, 0.4) is 0 Å². The van der Waals surface area contributed by atoms with Crippen LogP contribution in [0.2, 0.25) is 10.0 Å². The molecule has 4 rings (SSSR count). The average Bonchev–Trinajstić information content (AvgIpc) is 3.09. The van der Waals surface area contributed by atoms with Crippen LogP contribution in [0.25, 0.3) is 5.76 Å². The minimum atomic E-state index is -0.978. The van der Waals surface area contributed by atoms with Crippen molar-refractivity contribution < 1.29 is 19.4 Å². The van der Waals surface area contributed by atoms with Gasteiger partial charge in [-0.25, -0.2) is 0 Å². The minimum Gasteiger partial charge on any atom is -0.507 e. The molecule has 7 nitrogen and oxygen atoms in total. The van der Waals surface area contributed by atoms with Crippen LogP contribution in [0.1, 0.15) is 17.3 Å². The number of rotatable bonds is 5. The Labute approximate surface area is 206 Å². The summed E-state index contributed by atoms with van der Waals surface area (Å²) in [4.78, 5) is 34.2. The van der Waals surface area contributed by atoms with E-state index in [0.29, 0.717) is 11.4 Å². The number of halogens is 2. The summed E-state index contributed by atoms with van der Waals surface area (Å²) < 4.78 is 5.35. The molecule has 0 aliphatic carbocycles. The fourth-order valence-corrected chi connectivity index (χ4v) is 4.49. The van der Waals surface area contributed by atoms with Gasteiger partial charge in [0, 0.05) is 36.7 Å². The van der Waals surface area contributed by atoms with Crippen LogP contribution in [0, 0.1) is 0 Å². The molecule has 1 fully saturated rings. The number of hydrogen-bond acceptors (Lipinski definition) is 6. The predicted molar refractivity (Wildman–Crippen MR) is 133 cm³/mol. The van der Waals surface area contributed by atoms with E-state index in [9.17, 15) is 14.7 Å². The van der Waals surface area contributed by atoms with E-state index in [0.717, 1.165) is 5.69 Å². The van der Waals surface area contributed by atoms with Gasteiger partial charge < -0.3 is 14.7 Å². The van der Waals surface area contributed by atoms with Gasteiger partial charge in [0.2, 0.25) is 0 Å². The van der Waals surface area contributed by atoms with Gasteiger partial charge in [-0.05, 0) is 48.5 Å². The molecule has 3 aromatic rings. The topological polar surface area (TPSA) is 83.0 Å². The summed E-state index contributed by atoms with van der Waals surface area (Å²) in [5.41, 5.74) is 1.78. The molecule has 174 valence electrons. The maximum atomic E-state index is 13.3. The highest BCUT2D eigenvalue weighted by atomic mass is 35.5. The number of pyridine rings is 1. The van der Waals surface area contributed by atoms with Crippen molar-refractivity contribution in [2.24, 2.45) is 0 Å². The number of amides is 1. The lowest BCUT2D eigenvalue weighted by atomic mass is 9.97. The molecular weight excluding hydrogens is 477 g/mol. The van der Waals surface area contributed by atoms with Crippen LogP contribution in [0.4, 0.5) is 11.4 Å². The molecule has 1 saturated heterocycles. The quantitative estimate of drug-likeness (QED) is 0.300. The molecule has 1 N–H and O–H groups in total. The van der Waals surface area contributed by atoms with Crippen molar-refractivity contribution >= 4 is 52.0 Å². The molecule has 1 aromatic heterocycles. The first-order chi connectivity index (χ1) is 16.2. The third kappa shape index (κ3) is 4.08. The number of hydrogen-bond donors (Lipinski definition) is 1. The zero-order chi connectivity index (χ0) is 24.6. The molecule has 1 aliphatic heterocycles. The van der Waals surface area contributed by atoms with Gasteiger partial charge in [-0.15, -0.1) is 0 Å². The summed E-state index contributed by atoms with van der Waals surface area (Å²) in [6.07, 6.45) is 1.56. The number of carbonyl (C=O) groups is 2. The zero-order valence-electron chi connectivity index (χ0n) is 18.6. The number of benzene rings is 2. The molecule has 2 aromatic carbocycles. The van der Waals surface area contributed by atoms with Crippen molar-refractivity contribution in [3.8, 4) is 5.75 Å². The maximum absolute atomic E-state index is 13.3.